The normalized spacial score (nSPS) is 18.1. The van der Waals surface area contributed by atoms with Crippen LogP contribution in [-0.4, -0.2) is 18.7 Å². The molecule has 1 heterocycles. The maximum atomic E-state index is 11.5. The van der Waals surface area contributed by atoms with Crippen molar-refractivity contribution in [3.05, 3.63) is 28.2 Å². The Morgan fingerprint density at radius 2 is 2.47 bits per heavy atom. The number of hydrogen-bond acceptors (Lipinski definition) is 3. The van der Waals surface area contributed by atoms with Crippen molar-refractivity contribution >= 4 is 21.9 Å². The summed E-state index contributed by atoms with van der Waals surface area (Å²) in [6.07, 6.45) is 0.0916. The fraction of sp³-hybridized carbons (Fsp3) is 0.364. The fourth-order valence-electron chi connectivity index (χ4n) is 1.59. The van der Waals surface area contributed by atoms with Crippen LogP contribution >= 0.6 is 15.9 Å². The summed E-state index contributed by atoms with van der Waals surface area (Å²) in [4.78, 5) is 11.5. The SMILES string of the molecule is CCOC(=O)C1Cc2c(Br)cccc2O1. The molecule has 0 aliphatic carbocycles. The Labute approximate surface area is 96.5 Å². The van der Waals surface area contributed by atoms with E-state index >= 15 is 0 Å². The van der Waals surface area contributed by atoms with Crippen molar-refractivity contribution in [2.45, 2.75) is 19.4 Å². The van der Waals surface area contributed by atoms with Crippen molar-refractivity contribution < 1.29 is 14.3 Å². The van der Waals surface area contributed by atoms with Crippen LogP contribution < -0.4 is 4.74 Å². The minimum absolute atomic E-state index is 0.291. The van der Waals surface area contributed by atoms with Gasteiger partial charge in [-0.1, -0.05) is 22.0 Å². The molecule has 0 amide bonds. The van der Waals surface area contributed by atoms with Crippen LogP contribution in [0.15, 0.2) is 22.7 Å². The Hall–Kier alpha value is -1.03. The van der Waals surface area contributed by atoms with E-state index in [4.69, 9.17) is 9.47 Å². The molecule has 1 aromatic carbocycles. The number of esters is 1. The maximum Gasteiger partial charge on any atom is 0.347 e. The second kappa shape index (κ2) is 4.23. The van der Waals surface area contributed by atoms with Gasteiger partial charge in [-0.25, -0.2) is 4.79 Å². The summed E-state index contributed by atoms with van der Waals surface area (Å²) in [7, 11) is 0. The quantitative estimate of drug-likeness (QED) is 0.774. The van der Waals surface area contributed by atoms with Crippen LogP contribution in [0.2, 0.25) is 0 Å². The number of hydrogen-bond donors (Lipinski definition) is 0. The molecule has 1 aromatic rings. The molecule has 0 radical (unpaired) electrons. The smallest absolute Gasteiger partial charge is 0.347 e. The minimum atomic E-state index is -0.487. The van der Waals surface area contributed by atoms with Gasteiger partial charge in [-0.15, -0.1) is 0 Å². The molecule has 1 unspecified atom stereocenters. The highest BCUT2D eigenvalue weighted by atomic mass is 79.9. The predicted molar refractivity (Wildman–Crippen MR) is 58.9 cm³/mol. The third-order valence-corrected chi connectivity index (χ3v) is 3.03. The van der Waals surface area contributed by atoms with Crippen LogP contribution in [0.4, 0.5) is 0 Å². The molecule has 3 nitrogen and oxygen atoms in total. The first-order valence-electron chi connectivity index (χ1n) is 4.83. The van der Waals surface area contributed by atoms with Crippen molar-refractivity contribution in [3.8, 4) is 5.75 Å². The van der Waals surface area contributed by atoms with Crippen LogP contribution in [0.5, 0.6) is 5.75 Å². The molecular weight excluding hydrogens is 260 g/mol. The molecule has 1 atom stereocenters. The van der Waals surface area contributed by atoms with E-state index in [1.807, 2.05) is 18.2 Å². The van der Waals surface area contributed by atoms with Gasteiger partial charge in [-0.05, 0) is 19.1 Å². The van der Waals surface area contributed by atoms with Crippen LogP contribution in [0, 0.1) is 0 Å². The molecule has 2 rings (SSSR count). The van der Waals surface area contributed by atoms with Gasteiger partial charge in [0, 0.05) is 16.5 Å². The summed E-state index contributed by atoms with van der Waals surface area (Å²) < 4.78 is 11.4. The second-order valence-corrected chi connectivity index (χ2v) is 4.13. The average molecular weight is 271 g/mol. The lowest BCUT2D eigenvalue weighted by Gasteiger charge is -2.08. The lowest BCUT2D eigenvalue weighted by atomic mass is 10.1. The van der Waals surface area contributed by atoms with Gasteiger partial charge in [0.05, 0.1) is 6.61 Å². The molecule has 15 heavy (non-hydrogen) atoms. The van der Waals surface area contributed by atoms with Gasteiger partial charge in [-0.3, -0.25) is 0 Å². The number of ether oxygens (including phenoxy) is 2. The first kappa shape index (κ1) is 10.5. The third-order valence-electron chi connectivity index (χ3n) is 2.28. The van der Waals surface area contributed by atoms with Gasteiger partial charge in [0.25, 0.3) is 0 Å². The zero-order chi connectivity index (χ0) is 10.8. The molecule has 0 N–H and O–H groups in total. The highest BCUT2D eigenvalue weighted by Gasteiger charge is 2.31. The fourth-order valence-corrected chi connectivity index (χ4v) is 2.10. The molecule has 0 spiro atoms. The van der Waals surface area contributed by atoms with Crippen LogP contribution in [0.25, 0.3) is 0 Å². The third kappa shape index (κ3) is 2.00. The summed E-state index contributed by atoms with van der Waals surface area (Å²) in [5.74, 6) is 0.475. The molecule has 1 aliphatic rings. The van der Waals surface area contributed by atoms with Crippen molar-refractivity contribution in [1.29, 1.82) is 0 Å². The molecule has 0 fully saturated rings. The number of benzene rings is 1. The van der Waals surface area contributed by atoms with Gasteiger partial charge in [0.2, 0.25) is 0 Å². The Bertz CT molecular complexity index is 389. The topological polar surface area (TPSA) is 35.5 Å². The predicted octanol–water partition coefficient (Wildman–Crippen LogP) is 2.32. The molecule has 4 heteroatoms. The van der Waals surface area contributed by atoms with E-state index in [0.717, 1.165) is 15.8 Å². The van der Waals surface area contributed by atoms with Crippen molar-refractivity contribution in [1.82, 2.24) is 0 Å². The van der Waals surface area contributed by atoms with Crippen LogP contribution in [-0.2, 0) is 16.0 Å². The highest BCUT2D eigenvalue weighted by molar-refractivity contribution is 9.10. The van der Waals surface area contributed by atoms with E-state index in [-0.39, 0.29) is 5.97 Å². The molecule has 80 valence electrons. The van der Waals surface area contributed by atoms with Crippen molar-refractivity contribution in [2.24, 2.45) is 0 Å². The summed E-state index contributed by atoms with van der Waals surface area (Å²) in [5, 5.41) is 0. The number of carbonyl (C=O) groups is 1. The minimum Gasteiger partial charge on any atom is -0.478 e. The molecular formula is C11H11BrO3. The van der Waals surface area contributed by atoms with E-state index in [2.05, 4.69) is 15.9 Å². The average Bonchev–Trinajstić information content (AvgIpc) is 2.63. The first-order valence-corrected chi connectivity index (χ1v) is 5.62. The van der Waals surface area contributed by atoms with Crippen molar-refractivity contribution in [2.75, 3.05) is 6.61 Å². The van der Waals surface area contributed by atoms with E-state index in [1.54, 1.807) is 6.92 Å². The highest BCUT2D eigenvalue weighted by Crippen LogP contribution is 2.34. The summed E-state index contributed by atoms with van der Waals surface area (Å²) in [6, 6.07) is 5.69. The lowest BCUT2D eigenvalue weighted by Crippen LogP contribution is -2.27. The second-order valence-electron chi connectivity index (χ2n) is 3.28. The summed E-state index contributed by atoms with van der Waals surface area (Å²) >= 11 is 3.43. The van der Waals surface area contributed by atoms with E-state index in [9.17, 15) is 4.79 Å². The Morgan fingerprint density at radius 1 is 1.67 bits per heavy atom. The number of rotatable bonds is 2. The summed E-state index contributed by atoms with van der Waals surface area (Å²) in [6.45, 7) is 2.17. The Morgan fingerprint density at radius 3 is 3.13 bits per heavy atom. The van der Waals surface area contributed by atoms with Crippen molar-refractivity contribution in [3.63, 3.8) is 0 Å². The van der Waals surface area contributed by atoms with Gasteiger partial charge in [0.15, 0.2) is 6.10 Å². The molecule has 0 saturated carbocycles. The van der Waals surface area contributed by atoms with Crippen LogP contribution in [0.3, 0.4) is 0 Å². The zero-order valence-electron chi connectivity index (χ0n) is 8.33. The van der Waals surface area contributed by atoms with E-state index in [0.29, 0.717) is 13.0 Å². The summed E-state index contributed by atoms with van der Waals surface area (Å²) in [5.41, 5.74) is 1.04. The molecule has 1 aliphatic heterocycles. The Kier molecular flexibility index (Phi) is 2.95. The Balaban J connectivity index is 2.15. The molecule has 0 saturated heterocycles. The zero-order valence-corrected chi connectivity index (χ0v) is 9.91. The first-order chi connectivity index (χ1) is 7.22. The number of carbonyl (C=O) groups excluding carboxylic acids is 1. The number of halogens is 1. The molecule has 0 bridgehead atoms. The standard InChI is InChI=1S/C11H11BrO3/c1-2-14-11(13)10-6-7-8(12)4-3-5-9(7)15-10/h3-5,10H,2,6H2,1H3. The largest absolute Gasteiger partial charge is 0.478 e. The monoisotopic (exact) mass is 270 g/mol. The van der Waals surface area contributed by atoms with Gasteiger partial charge in [-0.2, -0.15) is 0 Å². The van der Waals surface area contributed by atoms with E-state index in [1.165, 1.54) is 0 Å². The van der Waals surface area contributed by atoms with Crippen LogP contribution in [0.1, 0.15) is 12.5 Å². The molecule has 0 aromatic heterocycles. The van der Waals surface area contributed by atoms with E-state index < -0.39 is 6.10 Å². The van der Waals surface area contributed by atoms with Gasteiger partial charge in [0.1, 0.15) is 5.75 Å². The van der Waals surface area contributed by atoms with Gasteiger partial charge >= 0.3 is 5.97 Å². The maximum absolute atomic E-state index is 11.5. The van der Waals surface area contributed by atoms with Gasteiger partial charge < -0.3 is 9.47 Å². The lowest BCUT2D eigenvalue weighted by molar-refractivity contribution is -0.150. The number of fused-ring (bicyclic) bond motifs is 1.